The quantitative estimate of drug-likeness (QED) is 0.616. The van der Waals surface area contributed by atoms with Gasteiger partial charge in [0.15, 0.2) is 16.7 Å². The minimum Gasteiger partial charge on any atom is -0.493 e. The van der Waals surface area contributed by atoms with Crippen molar-refractivity contribution in [1.29, 1.82) is 0 Å². The molecule has 27 heavy (non-hydrogen) atoms. The molecule has 8 nitrogen and oxygen atoms in total. The summed E-state index contributed by atoms with van der Waals surface area (Å²) >= 11 is 1.34. The number of carbonyl (C=O) groups excluding carboxylic acids is 1. The van der Waals surface area contributed by atoms with Gasteiger partial charge in [-0.3, -0.25) is 9.59 Å². The van der Waals surface area contributed by atoms with Gasteiger partial charge in [0.1, 0.15) is 5.82 Å². The van der Waals surface area contributed by atoms with E-state index in [0.717, 1.165) is 0 Å². The van der Waals surface area contributed by atoms with E-state index in [-0.39, 0.29) is 17.9 Å². The highest BCUT2D eigenvalue weighted by Gasteiger charge is 2.35. The molecule has 2 heterocycles. The lowest BCUT2D eigenvalue weighted by atomic mass is 9.86. The van der Waals surface area contributed by atoms with E-state index in [2.05, 4.69) is 10.3 Å². The third-order valence-corrected chi connectivity index (χ3v) is 5.32. The number of hydrogen-bond acceptors (Lipinski definition) is 7. The summed E-state index contributed by atoms with van der Waals surface area (Å²) in [5, 5.41) is 3.33. The summed E-state index contributed by atoms with van der Waals surface area (Å²) in [6.07, 6.45) is 1.93. The zero-order valence-electron chi connectivity index (χ0n) is 15.8. The predicted octanol–water partition coefficient (Wildman–Crippen LogP) is 2.00. The van der Waals surface area contributed by atoms with E-state index in [1.807, 2.05) is 6.26 Å². The largest absolute Gasteiger partial charge is 0.493 e. The van der Waals surface area contributed by atoms with Gasteiger partial charge in [-0.25, -0.2) is 0 Å². The number of amides is 1. The van der Waals surface area contributed by atoms with Gasteiger partial charge in [0.25, 0.3) is 5.56 Å². The molecule has 1 atom stereocenters. The summed E-state index contributed by atoms with van der Waals surface area (Å²) in [5.41, 5.74) is 0.733. The summed E-state index contributed by atoms with van der Waals surface area (Å²) in [5.74, 6) is 1.11. The normalized spacial score (nSPS) is 15.7. The monoisotopic (exact) mass is 391 g/mol. The van der Waals surface area contributed by atoms with Crippen molar-refractivity contribution < 1.29 is 19.0 Å². The Morgan fingerprint density at radius 1 is 1.15 bits per heavy atom. The van der Waals surface area contributed by atoms with Crippen molar-refractivity contribution in [3.63, 3.8) is 0 Å². The van der Waals surface area contributed by atoms with Crippen LogP contribution in [0.3, 0.4) is 0 Å². The standard InChI is InChI=1S/C18H21N3O5S/c1-21-16-13(17(23)20-18(21)27-5)10(8-12(22)19-16)9-6-7-11(24-2)15(26-4)14(9)25-3/h6-7,10H,8H2,1-5H3,(H,19,22)/t10-/m0/s1. The van der Waals surface area contributed by atoms with E-state index in [9.17, 15) is 9.59 Å². The maximum atomic E-state index is 12.8. The maximum Gasteiger partial charge on any atom is 0.279 e. The molecule has 0 aliphatic carbocycles. The van der Waals surface area contributed by atoms with Gasteiger partial charge in [-0.05, 0) is 12.3 Å². The van der Waals surface area contributed by atoms with Gasteiger partial charge in [0.05, 0.1) is 26.9 Å². The van der Waals surface area contributed by atoms with Crippen LogP contribution in [-0.2, 0) is 11.8 Å². The Hall–Kier alpha value is -2.68. The molecule has 0 saturated carbocycles. The zero-order valence-corrected chi connectivity index (χ0v) is 16.6. The van der Waals surface area contributed by atoms with Gasteiger partial charge < -0.3 is 24.1 Å². The number of ether oxygens (including phenoxy) is 3. The summed E-state index contributed by atoms with van der Waals surface area (Å²) in [4.78, 5) is 29.3. The van der Waals surface area contributed by atoms with Crippen LogP contribution in [0.2, 0.25) is 0 Å². The smallest absolute Gasteiger partial charge is 0.279 e. The van der Waals surface area contributed by atoms with Crippen LogP contribution in [0.5, 0.6) is 17.2 Å². The molecule has 1 aromatic heterocycles. The first-order chi connectivity index (χ1) is 13.0. The van der Waals surface area contributed by atoms with Crippen molar-refractivity contribution in [1.82, 2.24) is 9.55 Å². The molecule has 0 saturated heterocycles. The second-order valence-corrected chi connectivity index (χ2v) is 6.73. The minimum absolute atomic E-state index is 0.106. The number of anilines is 1. The molecule has 1 aliphatic heterocycles. The Kier molecular flexibility index (Phi) is 5.31. The minimum atomic E-state index is -0.509. The first-order valence-electron chi connectivity index (χ1n) is 8.20. The van der Waals surface area contributed by atoms with Crippen molar-refractivity contribution in [3.05, 3.63) is 33.6 Å². The molecule has 9 heteroatoms. The molecule has 3 rings (SSSR count). The van der Waals surface area contributed by atoms with Gasteiger partial charge in [0.2, 0.25) is 11.7 Å². The van der Waals surface area contributed by atoms with Crippen LogP contribution in [0.25, 0.3) is 0 Å². The lowest BCUT2D eigenvalue weighted by Crippen LogP contribution is -2.33. The molecule has 0 fully saturated rings. The van der Waals surface area contributed by atoms with Gasteiger partial charge in [-0.2, -0.15) is 4.98 Å². The van der Waals surface area contributed by atoms with E-state index < -0.39 is 5.92 Å². The fourth-order valence-corrected chi connectivity index (χ4v) is 3.92. The predicted molar refractivity (Wildman–Crippen MR) is 102 cm³/mol. The van der Waals surface area contributed by atoms with E-state index in [4.69, 9.17) is 14.2 Å². The fraction of sp³-hybridized carbons (Fsp3) is 0.389. The lowest BCUT2D eigenvalue weighted by molar-refractivity contribution is -0.116. The molecule has 2 aromatic rings. The summed E-state index contributed by atoms with van der Waals surface area (Å²) in [6, 6.07) is 3.52. The van der Waals surface area contributed by atoms with E-state index >= 15 is 0 Å². The van der Waals surface area contributed by atoms with Crippen LogP contribution in [0, 0.1) is 0 Å². The molecule has 1 N–H and O–H groups in total. The molecule has 0 radical (unpaired) electrons. The first kappa shape index (κ1) is 19.1. The number of carbonyl (C=O) groups is 1. The number of methoxy groups -OCH3 is 3. The fourth-order valence-electron chi connectivity index (χ4n) is 3.38. The van der Waals surface area contributed by atoms with Crippen LogP contribution in [0.4, 0.5) is 5.82 Å². The Balaban J connectivity index is 2.28. The molecule has 1 aliphatic rings. The van der Waals surface area contributed by atoms with E-state index in [1.165, 1.54) is 33.1 Å². The van der Waals surface area contributed by atoms with Gasteiger partial charge in [-0.15, -0.1) is 0 Å². The van der Waals surface area contributed by atoms with Crippen molar-refractivity contribution in [2.45, 2.75) is 17.5 Å². The van der Waals surface area contributed by atoms with Crippen molar-refractivity contribution in [3.8, 4) is 17.2 Å². The zero-order chi connectivity index (χ0) is 19.7. The molecular formula is C18H21N3O5S. The number of aromatic nitrogens is 2. The summed E-state index contributed by atoms with van der Waals surface area (Å²) in [7, 11) is 6.32. The van der Waals surface area contributed by atoms with Crippen molar-refractivity contribution >= 4 is 23.5 Å². The molecule has 0 spiro atoms. The van der Waals surface area contributed by atoms with Gasteiger partial charge in [-0.1, -0.05) is 17.8 Å². The average molecular weight is 391 g/mol. The lowest BCUT2D eigenvalue weighted by Gasteiger charge is -2.28. The summed E-state index contributed by atoms with van der Waals surface area (Å²) < 4.78 is 18.0. The van der Waals surface area contributed by atoms with Gasteiger partial charge in [0, 0.05) is 24.9 Å². The van der Waals surface area contributed by atoms with E-state index in [1.54, 1.807) is 23.7 Å². The molecule has 0 bridgehead atoms. The maximum absolute atomic E-state index is 12.8. The summed E-state index contributed by atoms with van der Waals surface area (Å²) in [6.45, 7) is 0. The highest BCUT2D eigenvalue weighted by Crippen LogP contribution is 2.46. The Bertz CT molecular complexity index is 957. The van der Waals surface area contributed by atoms with Crippen LogP contribution in [0.15, 0.2) is 22.1 Å². The first-order valence-corrected chi connectivity index (χ1v) is 9.42. The van der Waals surface area contributed by atoms with Crippen LogP contribution < -0.4 is 25.1 Å². The van der Waals surface area contributed by atoms with Crippen molar-refractivity contribution in [2.24, 2.45) is 7.05 Å². The van der Waals surface area contributed by atoms with Crippen molar-refractivity contribution in [2.75, 3.05) is 32.9 Å². The van der Waals surface area contributed by atoms with Crippen LogP contribution >= 0.6 is 11.8 Å². The number of nitrogens with one attached hydrogen (secondary N) is 1. The third-order valence-electron chi connectivity index (χ3n) is 4.59. The number of rotatable bonds is 5. The Labute approximate surface area is 160 Å². The SMILES string of the molecule is COc1ccc([C@@H]2CC(=O)Nc3c2c(=O)nc(SC)n3C)c(OC)c1OC. The molecule has 144 valence electrons. The van der Waals surface area contributed by atoms with Crippen LogP contribution in [-0.4, -0.2) is 43.0 Å². The second-order valence-electron chi connectivity index (χ2n) is 5.95. The Morgan fingerprint density at radius 3 is 2.44 bits per heavy atom. The van der Waals surface area contributed by atoms with Gasteiger partial charge >= 0.3 is 0 Å². The van der Waals surface area contributed by atoms with Crippen LogP contribution in [0.1, 0.15) is 23.5 Å². The number of thioether (sulfide) groups is 1. The number of nitrogens with zero attached hydrogens (tertiary/aromatic N) is 2. The second kappa shape index (κ2) is 7.51. The molecule has 0 unspecified atom stereocenters. The molecule has 1 aromatic carbocycles. The molecular weight excluding hydrogens is 370 g/mol. The number of fused-ring (bicyclic) bond motifs is 1. The Morgan fingerprint density at radius 2 is 1.85 bits per heavy atom. The highest BCUT2D eigenvalue weighted by molar-refractivity contribution is 7.98. The van der Waals surface area contributed by atoms with E-state index in [0.29, 0.717) is 39.3 Å². The highest BCUT2D eigenvalue weighted by atomic mass is 32.2. The molecule has 1 amide bonds. The topological polar surface area (TPSA) is 91.7 Å². The average Bonchev–Trinajstić information content (AvgIpc) is 2.68. The number of hydrogen-bond donors (Lipinski definition) is 1. The number of benzene rings is 1. The third kappa shape index (κ3) is 3.12.